The van der Waals surface area contributed by atoms with Crippen molar-refractivity contribution in [3.05, 3.63) is 52.4 Å². The van der Waals surface area contributed by atoms with Crippen LogP contribution in [0.3, 0.4) is 0 Å². The molecule has 0 atom stereocenters. The lowest BCUT2D eigenvalue weighted by Crippen LogP contribution is -2.38. The number of nitrogens with one attached hydrogen (secondary N) is 2. The summed E-state index contributed by atoms with van der Waals surface area (Å²) in [6.07, 6.45) is 4.16. The number of aromatic nitrogens is 3. The van der Waals surface area contributed by atoms with E-state index in [4.69, 9.17) is 4.74 Å². The van der Waals surface area contributed by atoms with Gasteiger partial charge in [-0.15, -0.1) is 0 Å². The maximum Gasteiger partial charge on any atom is 0.253 e. The van der Waals surface area contributed by atoms with Gasteiger partial charge in [-0.05, 0) is 49.7 Å². The van der Waals surface area contributed by atoms with Crippen molar-refractivity contribution in [2.75, 3.05) is 44.7 Å². The largest absolute Gasteiger partial charge is 0.379 e. The number of ether oxygens (including phenoxy) is 1. The van der Waals surface area contributed by atoms with Gasteiger partial charge in [0.05, 0.1) is 18.8 Å². The maximum absolute atomic E-state index is 12.8. The molecule has 1 aromatic carbocycles. The van der Waals surface area contributed by atoms with Crippen LogP contribution in [0.4, 0.5) is 11.5 Å². The average Bonchev–Trinajstić information content (AvgIpc) is 3.11. The molecule has 1 aliphatic heterocycles. The molecule has 2 N–H and O–H groups in total. The summed E-state index contributed by atoms with van der Waals surface area (Å²) in [6.45, 7) is 7.04. The summed E-state index contributed by atoms with van der Waals surface area (Å²) in [4.78, 5) is 19.5. The predicted octanol–water partition coefficient (Wildman–Crippen LogP) is 3.00. The molecule has 1 aliphatic rings. The third-order valence-electron chi connectivity index (χ3n) is 5.22. The van der Waals surface area contributed by atoms with Crippen LogP contribution in [0.5, 0.6) is 0 Å². The molecule has 0 aliphatic carbocycles. The van der Waals surface area contributed by atoms with Crippen LogP contribution in [0.25, 0.3) is 5.52 Å². The van der Waals surface area contributed by atoms with Crippen LogP contribution >= 0.6 is 15.9 Å². The van der Waals surface area contributed by atoms with E-state index in [1.165, 1.54) is 6.33 Å². The fraction of sp³-hybridized carbons (Fsp3) is 0.381. The summed E-state index contributed by atoms with van der Waals surface area (Å²) in [5, 5.41) is 10.6. The highest BCUT2D eigenvalue weighted by Crippen LogP contribution is 2.26. The quantitative estimate of drug-likeness (QED) is 0.514. The van der Waals surface area contributed by atoms with Gasteiger partial charge in [0.15, 0.2) is 5.82 Å². The van der Waals surface area contributed by atoms with Crippen molar-refractivity contribution >= 4 is 38.9 Å². The van der Waals surface area contributed by atoms with Crippen LogP contribution in [-0.2, 0) is 4.74 Å². The van der Waals surface area contributed by atoms with Gasteiger partial charge >= 0.3 is 0 Å². The summed E-state index contributed by atoms with van der Waals surface area (Å²) in [7, 11) is 0. The molecular formula is C21H25BrN6O2. The van der Waals surface area contributed by atoms with Crippen molar-refractivity contribution in [3.8, 4) is 0 Å². The minimum Gasteiger partial charge on any atom is -0.379 e. The second kappa shape index (κ2) is 9.55. The van der Waals surface area contributed by atoms with Crippen molar-refractivity contribution in [3.63, 3.8) is 0 Å². The molecule has 3 heterocycles. The predicted molar refractivity (Wildman–Crippen MR) is 119 cm³/mol. The van der Waals surface area contributed by atoms with Crippen molar-refractivity contribution < 1.29 is 9.53 Å². The molecule has 30 heavy (non-hydrogen) atoms. The first-order valence-electron chi connectivity index (χ1n) is 10.1. The number of anilines is 2. The number of hydrogen-bond donors (Lipinski definition) is 2. The summed E-state index contributed by atoms with van der Waals surface area (Å²) >= 11 is 3.44. The molecule has 0 radical (unpaired) electrons. The first-order chi connectivity index (χ1) is 14.6. The number of morpholine rings is 1. The monoisotopic (exact) mass is 472 g/mol. The highest BCUT2D eigenvalue weighted by atomic mass is 79.9. The van der Waals surface area contributed by atoms with Gasteiger partial charge in [-0.2, -0.15) is 5.10 Å². The molecule has 2 aromatic heterocycles. The molecule has 9 heteroatoms. The molecule has 0 saturated carbocycles. The zero-order valence-corrected chi connectivity index (χ0v) is 18.5. The highest BCUT2D eigenvalue weighted by Gasteiger charge is 2.18. The SMILES string of the molecule is Cc1c(C(=O)NCCCN2CCOCC2)cn2ncnc(Nc3ccc(Br)cc3)c12. The zero-order valence-electron chi connectivity index (χ0n) is 16.9. The van der Waals surface area contributed by atoms with Gasteiger partial charge in [0.2, 0.25) is 0 Å². The molecule has 4 rings (SSSR count). The zero-order chi connectivity index (χ0) is 20.9. The standard InChI is InChI=1S/C21H25BrN6O2/c1-15-18(21(29)23-7-2-8-27-9-11-30-12-10-27)13-28-19(15)20(24-14-25-28)26-17-5-3-16(22)4-6-17/h3-6,13-14H,2,7-12H2,1H3,(H,23,29)(H,24,25,26). The molecule has 1 saturated heterocycles. The van der Waals surface area contributed by atoms with E-state index in [1.54, 1.807) is 10.7 Å². The summed E-state index contributed by atoms with van der Waals surface area (Å²) in [6, 6.07) is 7.84. The Balaban J connectivity index is 1.43. The Morgan fingerprint density at radius 3 is 2.77 bits per heavy atom. The second-order valence-corrected chi connectivity index (χ2v) is 8.18. The van der Waals surface area contributed by atoms with Crippen LogP contribution in [0.15, 0.2) is 41.3 Å². The first-order valence-corrected chi connectivity index (χ1v) is 10.8. The van der Waals surface area contributed by atoms with Crippen molar-refractivity contribution in [1.29, 1.82) is 0 Å². The van der Waals surface area contributed by atoms with E-state index in [0.29, 0.717) is 17.9 Å². The fourth-order valence-electron chi connectivity index (χ4n) is 3.58. The molecule has 8 nitrogen and oxygen atoms in total. The fourth-order valence-corrected chi connectivity index (χ4v) is 3.84. The smallest absolute Gasteiger partial charge is 0.253 e. The van der Waals surface area contributed by atoms with E-state index in [1.807, 2.05) is 31.2 Å². The highest BCUT2D eigenvalue weighted by molar-refractivity contribution is 9.10. The Kier molecular flexibility index (Phi) is 6.61. The lowest BCUT2D eigenvalue weighted by Gasteiger charge is -2.26. The number of halogens is 1. The van der Waals surface area contributed by atoms with Crippen LogP contribution in [0.2, 0.25) is 0 Å². The minimum atomic E-state index is -0.0884. The van der Waals surface area contributed by atoms with E-state index in [0.717, 1.165) is 60.5 Å². The Hall–Kier alpha value is -2.49. The summed E-state index contributed by atoms with van der Waals surface area (Å²) in [5.41, 5.74) is 3.16. The van der Waals surface area contributed by atoms with Crippen molar-refractivity contribution in [2.24, 2.45) is 0 Å². The Morgan fingerprint density at radius 2 is 2.00 bits per heavy atom. The lowest BCUT2D eigenvalue weighted by atomic mass is 10.1. The summed E-state index contributed by atoms with van der Waals surface area (Å²) < 4.78 is 8.07. The Morgan fingerprint density at radius 1 is 1.23 bits per heavy atom. The molecular weight excluding hydrogens is 448 g/mol. The van der Waals surface area contributed by atoms with Gasteiger partial charge in [-0.25, -0.2) is 9.50 Å². The number of fused-ring (bicyclic) bond motifs is 1. The topological polar surface area (TPSA) is 83.8 Å². The third-order valence-corrected chi connectivity index (χ3v) is 5.75. The first kappa shape index (κ1) is 20.8. The molecule has 158 valence electrons. The Bertz CT molecular complexity index is 1010. The number of nitrogens with zero attached hydrogens (tertiary/aromatic N) is 4. The van der Waals surface area contributed by atoms with Gasteiger partial charge in [0.25, 0.3) is 5.91 Å². The lowest BCUT2D eigenvalue weighted by molar-refractivity contribution is 0.0374. The van der Waals surface area contributed by atoms with Crippen molar-refractivity contribution in [1.82, 2.24) is 24.8 Å². The van der Waals surface area contributed by atoms with Crippen molar-refractivity contribution in [2.45, 2.75) is 13.3 Å². The van der Waals surface area contributed by atoms with Crippen LogP contribution in [0.1, 0.15) is 22.3 Å². The number of rotatable bonds is 7. The number of carbonyl (C=O) groups is 1. The van der Waals surface area contributed by atoms with Gasteiger partial charge in [-0.1, -0.05) is 15.9 Å². The Labute approximate surface area is 183 Å². The number of aryl methyl sites for hydroxylation is 1. The second-order valence-electron chi connectivity index (χ2n) is 7.26. The number of hydrogen-bond acceptors (Lipinski definition) is 6. The molecule has 1 amide bonds. The maximum atomic E-state index is 12.8. The van der Waals surface area contributed by atoms with Crippen LogP contribution < -0.4 is 10.6 Å². The van der Waals surface area contributed by atoms with Gasteiger partial charge in [-0.3, -0.25) is 9.69 Å². The van der Waals surface area contributed by atoms with E-state index in [-0.39, 0.29) is 5.91 Å². The number of amides is 1. The van der Waals surface area contributed by atoms with E-state index >= 15 is 0 Å². The minimum absolute atomic E-state index is 0.0884. The van der Waals surface area contributed by atoms with Crippen LogP contribution in [-0.4, -0.2) is 64.8 Å². The summed E-state index contributed by atoms with van der Waals surface area (Å²) in [5.74, 6) is 0.575. The van der Waals surface area contributed by atoms with Gasteiger partial charge < -0.3 is 15.4 Å². The molecule has 1 fully saturated rings. The van der Waals surface area contributed by atoms with Gasteiger partial charge in [0, 0.05) is 36.0 Å². The van der Waals surface area contributed by atoms with E-state index in [9.17, 15) is 4.79 Å². The van der Waals surface area contributed by atoms with Gasteiger partial charge in [0.1, 0.15) is 11.8 Å². The molecule has 0 unspecified atom stereocenters. The molecule has 0 bridgehead atoms. The number of benzene rings is 1. The van der Waals surface area contributed by atoms with Crippen LogP contribution in [0, 0.1) is 6.92 Å². The number of carbonyl (C=O) groups excluding carboxylic acids is 1. The third kappa shape index (κ3) is 4.80. The molecule has 0 spiro atoms. The average molecular weight is 473 g/mol. The van der Waals surface area contributed by atoms with E-state index < -0.39 is 0 Å². The van der Waals surface area contributed by atoms with E-state index in [2.05, 4.69) is 41.5 Å². The molecule has 3 aromatic rings. The normalized spacial score (nSPS) is 14.7.